The number of morpholine rings is 1. The summed E-state index contributed by atoms with van der Waals surface area (Å²) < 4.78 is 41.3. The van der Waals surface area contributed by atoms with Gasteiger partial charge in [0.05, 0.1) is 29.2 Å². The van der Waals surface area contributed by atoms with E-state index < -0.39 is 17.5 Å². The van der Waals surface area contributed by atoms with E-state index in [0.717, 1.165) is 67.3 Å². The van der Waals surface area contributed by atoms with Crippen molar-refractivity contribution in [1.29, 1.82) is 0 Å². The number of anilines is 3. The molecule has 0 unspecified atom stereocenters. The number of aryl methyl sites for hydroxylation is 1. The highest BCUT2D eigenvalue weighted by Gasteiger charge is 2.40. The van der Waals surface area contributed by atoms with Gasteiger partial charge in [-0.15, -0.1) is 10.2 Å². The number of nitrogens with one attached hydrogen (secondary N) is 1. The zero-order valence-corrected chi connectivity index (χ0v) is 36.6. The molecule has 340 valence electrons. The number of carbonyl (C=O) groups is 3. The van der Waals surface area contributed by atoms with Crippen LogP contribution in [-0.2, 0) is 9.53 Å². The van der Waals surface area contributed by atoms with Crippen molar-refractivity contribution in [3.8, 4) is 17.0 Å². The quantitative estimate of drug-likeness (QED) is 0.136. The first kappa shape index (κ1) is 42.8. The molecule has 2 aromatic heterocycles. The molecule has 4 amide bonds. The molecule has 65 heavy (non-hydrogen) atoms. The van der Waals surface area contributed by atoms with Crippen molar-refractivity contribution in [3.63, 3.8) is 0 Å². The van der Waals surface area contributed by atoms with Crippen LogP contribution in [0.25, 0.3) is 22.2 Å². The smallest absolute Gasteiger partial charge is 0.328 e. The lowest BCUT2D eigenvalue weighted by Crippen LogP contribution is -2.51. The van der Waals surface area contributed by atoms with Gasteiger partial charge in [0.25, 0.3) is 5.91 Å². The highest BCUT2D eigenvalue weighted by atomic mass is 19.1. The molecule has 0 bridgehead atoms. The number of ether oxygens (including phenoxy) is 1. The number of para-hydroxylation sites is 1. The Bertz CT molecular complexity index is 2650. The van der Waals surface area contributed by atoms with Crippen LogP contribution < -0.4 is 20.9 Å². The summed E-state index contributed by atoms with van der Waals surface area (Å²) in [6.07, 6.45) is 7.15. The van der Waals surface area contributed by atoms with Gasteiger partial charge in [0, 0.05) is 87.3 Å². The Morgan fingerprint density at radius 1 is 0.938 bits per heavy atom. The van der Waals surface area contributed by atoms with Crippen molar-refractivity contribution in [1.82, 2.24) is 29.9 Å². The molecule has 10 rings (SSSR count). The number of fused-ring (bicyclic) bond motifs is 1. The number of phenols is 1. The number of alkyl halides is 1. The topological polar surface area (TPSA) is 162 Å². The normalized spacial score (nSPS) is 21.2. The number of imide groups is 1. The average Bonchev–Trinajstić information content (AvgIpc) is 3.66. The summed E-state index contributed by atoms with van der Waals surface area (Å²) in [4.78, 5) is 45.6. The Labute approximate surface area is 376 Å². The Kier molecular flexibility index (Phi) is 11.4. The average molecular weight is 888 g/mol. The molecule has 4 saturated heterocycles. The van der Waals surface area contributed by atoms with Crippen molar-refractivity contribution in [2.45, 2.75) is 82.0 Å². The van der Waals surface area contributed by atoms with Crippen LogP contribution in [0.2, 0.25) is 0 Å². The number of nitrogens with two attached hydrogens (primary N) is 1. The van der Waals surface area contributed by atoms with Crippen LogP contribution in [-0.4, -0.2) is 112 Å². The molecule has 5 fully saturated rings. The summed E-state index contributed by atoms with van der Waals surface area (Å²) in [6, 6.07) is 17.7. The number of hydrogen-bond donors (Lipinski definition) is 3. The highest BCUT2D eigenvalue weighted by Crippen LogP contribution is 2.44. The van der Waals surface area contributed by atoms with E-state index in [1.54, 1.807) is 29.2 Å². The first-order chi connectivity index (χ1) is 31.4. The van der Waals surface area contributed by atoms with E-state index >= 15 is 8.78 Å². The molecule has 5 aromatic rings. The van der Waals surface area contributed by atoms with Gasteiger partial charge in [-0.3, -0.25) is 19.8 Å². The standard InChI is InChI=1S/C49H55F2N9O5/c1-30-25-32(9-10-34(30)42-28-58(23-24-65-42)40-26-38(54-55-46(40)52)36-7-2-3-8-41(36)61)47(63)57-21-16-49(51,17-22-57)29-56-18-13-31(14-19-56)37-27-60(33-5-4-6-33)45-35(37)11-12-39(44(45)50)59-20-15-43(62)53-48(59)64/h2-3,7-12,25-27,31,33,42,61H,4-6,13-24,28-29H2,1H3,(H2,52,55)(H,53,62,64)/t42-/m1/s1. The molecule has 0 radical (unpaired) electrons. The number of rotatable bonds is 9. The minimum atomic E-state index is -1.41. The lowest BCUT2D eigenvalue weighted by atomic mass is 9.87. The molecule has 1 aliphatic carbocycles. The third-order valence-corrected chi connectivity index (χ3v) is 14.5. The van der Waals surface area contributed by atoms with Crippen LogP contribution in [0.15, 0.2) is 66.9 Å². The van der Waals surface area contributed by atoms with E-state index in [-0.39, 0.29) is 72.9 Å². The zero-order valence-electron chi connectivity index (χ0n) is 36.6. The molecular weight excluding hydrogens is 833 g/mol. The maximum atomic E-state index is 16.6. The Balaban J connectivity index is 0.748. The second-order valence-corrected chi connectivity index (χ2v) is 18.5. The number of halogens is 2. The number of aromatic nitrogens is 3. The van der Waals surface area contributed by atoms with Crippen LogP contribution in [0.1, 0.15) is 96.5 Å². The number of carbonyl (C=O) groups excluding carboxylic acids is 3. The van der Waals surface area contributed by atoms with Gasteiger partial charge in [-0.2, -0.15) is 0 Å². The Hall–Kier alpha value is -6.13. The van der Waals surface area contributed by atoms with Crippen molar-refractivity contribution in [3.05, 3.63) is 94.9 Å². The number of amides is 4. The van der Waals surface area contributed by atoms with Crippen LogP contribution >= 0.6 is 0 Å². The van der Waals surface area contributed by atoms with Gasteiger partial charge in [0.2, 0.25) is 5.91 Å². The van der Waals surface area contributed by atoms with Crippen molar-refractivity contribution in [2.75, 3.05) is 74.5 Å². The number of likely N-dealkylation sites (tertiary alicyclic amines) is 2. The molecule has 5 aliphatic rings. The van der Waals surface area contributed by atoms with Crippen LogP contribution in [0, 0.1) is 12.7 Å². The minimum absolute atomic E-state index is 0.107. The summed E-state index contributed by atoms with van der Waals surface area (Å²) >= 11 is 0. The van der Waals surface area contributed by atoms with Gasteiger partial charge >= 0.3 is 6.03 Å². The van der Waals surface area contributed by atoms with Crippen LogP contribution in [0.3, 0.4) is 0 Å². The molecule has 3 aromatic carbocycles. The number of urea groups is 1. The Morgan fingerprint density at radius 2 is 1.72 bits per heavy atom. The van der Waals surface area contributed by atoms with Gasteiger partial charge in [0.15, 0.2) is 11.6 Å². The minimum Gasteiger partial charge on any atom is -0.507 e. The summed E-state index contributed by atoms with van der Waals surface area (Å²) in [7, 11) is 0. The maximum Gasteiger partial charge on any atom is 0.328 e. The first-order valence-corrected chi connectivity index (χ1v) is 23.0. The van der Waals surface area contributed by atoms with E-state index in [4.69, 9.17) is 10.5 Å². The molecule has 4 aliphatic heterocycles. The van der Waals surface area contributed by atoms with Crippen molar-refractivity contribution < 1.29 is 33.0 Å². The third-order valence-electron chi connectivity index (χ3n) is 14.5. The number of phenolic OH excluding ortho intramolecular Hbond substituents is 1. The Morgan fingerprint density at radius 3 is 2.45 bits per heavy atom. The van der Waals surface area contributed by atoms with Gasteiger partial charge < -0.3 is 34.8 Å². The number of benzene rings is 3. The van der Waals surface area contributed by atoms with E-state index in [1.807, 2.05) is 43.3 Å². The number of aromatic hydroxyl groups is 1. The van der Waals surface area contributed by atoms with E-state index in [9.17, 15) is 19.5 Å². The fourth-order valence-corrected chi connectivity index (χ4v) is 10.6. The fourth-order valence-electron chi connectivity index (χ4n) is 10.6. The number of piperidine rings is 2. The SMILES string of the molecule is Cc1cc(C(=O)N2CCC(F)(CN3CCC(c4cn(C5CCC5)c5c(F)c(N6CCC(=O)NC6=O)ccc45)CC3)CC2)ccc1[C@H]1CN(c2cc(-c3ccccc3O)nnc2N)CCO1. The summed E-state index contributed by atoms with van der Waals surface area (Å²) in [6.45, 7) is 6.08. The molecule has 6 heterocycles. The molecule has 0 spiro atoms. The molecule has 16 heteroatoms. The van der Waals surface area contributed by atoms with Crippen molar-refractivity contribution >= 4 is 45.9 Å². The van der Waals surface area contributed by atoms with Gasteiger partial charge in [-0.25, -0.2) is 13.6 Å². The predicted octanol–water partition coefficient (Wildman–Crippen LogP) is 7.41. The molecule has 4 N–H and O–H groups in total. The monoisotopic (exact) mass is 887 g/mol. The largest absolute Gasteiger partial charge is 0.507 e. The lowest BCUT2D eigenvalue weighted by molar-refractivity contribution is -0.120. The fraction of sp³-hybridized carbons (Fsp3) is 0.449. The van der Waals surface area contributed by atoms with Gasteiger partial charge in [0.1, 0.15) is 17.5 Å². The second kappa shape index (κ2) is 17.3. The summed E-state index contributed by atoms with van der Waals surface area (Å²) in [5.74, 6) is -0.328. The number of nitrogen functional groups attached to an aromatic ring is 1. The maximum absolute atomic E-state index is 16.6. The number of nitrogens with zero attached hydrogens (tertiary/aromatic N) is 7. The number of hydrogen-bond acceptors (Lipinski definition) is 10. The molecule has 1 saturated carbocycles. The van der Waals surface area contributed by atoms with Crippen LogP contribution in [0.5, 0.6) is 5.75 Å². The highest BCUT2D eigenvalue weighted by molar-refractivity contribution is 6.06. The van der Waals surface area contributed by atoms with Crippen LogP contribution in [0.4, 0.5) is 30.8 Å². The van der Waals surface area contributed by atoms with Gasteiger partial charge in [-0.05, 0) is 111 Å². The predicted molar refractivity (Wildman–Crippen MR) is 243 cm³/mol. The third kappa shape index (κ3) is 8.26. The molecule has 14 nitrogen and oxygen atoms in total. The zero-order chi connectivity index (χ0) is 45.0. The molecule has 1 atom stereocenters. The van der Waals surface area contributed by atoms with E-state index in [2.05, 4.69) is 36.1 Å². The first-order valence-electron chi connectivity index (χ1n) is 23.0. The van der Waals surface area contributed by atoms with Crippen molar-refractivity contribution in [2.24, 2.45) is 0 Å². The summed E-state index contributed by atoms with van der Waals surface area (Å²) in [5, 5.41) is 22.0. The van der Waals surface area contributed by atoms with Gasteiger partial charge in [-0.1, -0.05) is 24.3 Å². The summed E-state index contributed by atoms with van der Waals surface area (Å²) in [5.41, 5.74) is 10.9. The van der Waals surface area contributed by atoms with E-state index in [0.29, 0.717) is 67.4 Å². The lowest BCUT2D eigenvalue weighted by Gasteiger charge is -2.41. The van der Waals surface area contributed by atoms with E-state index in [1.165, 1.54) is 4.90 Å². The second-order valence-electron chi connectivity index (χ2n) is 18.5. The molecular formula is C49H55F2N9O5.